The summed E-state index contributed by atoms with van der Waals surface area (Å²) in [6.45, 7) is 2.36. The Labute approximate surface area is 134 Å². The highest BCUT2D eigenvalue weighted by Gasteiger charge is 2.17. The second-order valence-corrected chi connectivity index (χ2v) is 4.84. The molecule has 0 saturated heterocycles. The highest BCUT2D eigenvalue weighted by molar-refractivity contribution is 6.01. The third-order valence-electron chi connectivity index (χ3n) is 3.51. The Morgan fingerprint density at radius 2 is 2.09 bits per heavy atom. The van der Waals surface area contributed by atoms with Crippen molar-refractivity contribution in [2.45, 2.75) is 6.92 Å². The van der Waals surface area contributed by atoms with Crippen molar-refractivity contribution in [1.29, 1.82) is 5.26 Å². The number of fused-ring (bicyclic) bond motifs is 1. The van der Waals surface area contributed by atoms with Crippen LogP contribution in [0.4, 0.5) is 0 Å². The molecule has 1 aromatic carbocycles. The van der Waals surface area contributed by atoms with Gasteiger partial charge in [0.15, 0.2) is 5.69 Å². The maximum absolute atomic E-state index is 9.54. The van der Waals surface area contributed by atoms with Crippen molar-refractivity contribution in [3.05, 3.63) is 48.4 Å². The van der Waals surface area contributed by atoms with Crippen LogP contribution in [0.25, 0.3) is 21.9 Å². The quantitative estimate of drug-likeness (QED) is 0.737. The van der Waals surface area contributed by atoms with Gasteiger partial charge in [-0.1, -0.05) is 6.07 Å². The Morgan fingerprint density at radius 3 is 2.74 bits per heavy atom. The van der Waals surface area contributed by atoms with E-state index in [0.717, 1.165) is 21.9 Å². The van der Waals surface area contributed by atoms with Crippen LogP contribution in [0.5, 0.6) is 11.6 Å². The molecule has 0 bridgehead atoms. The SMILES string of the molecule is CCOc1nc(C#N)c(-c2cccnc2)c2cc(OC)ccc12. The number of rotatable bonds is 4. The van der Waals surface area contributed by atoms with Crippen LogP contribution in [0, 0.1) is 11.3 Å². The second-order valence-electron chi connectivity index (χ2n) is 4.84. The molecule has 114 valence electrons. The van der Waals surface area contributed by atoms with E-state index >= 15 is 0 Å². The number of methoxy groups -OCH3 is 1. The monoisotopic (exact) mass is 305 g/mol. The standard InChI is InChI=1S/C18H15N3O2/c1-3-23-18-14-7-6-13(22-2)9-15(14)17(16(10-19)21-18)12-5-4-8-20-11-12/h4-9,11H,3H2,1-2H3. The summed E-state index contributed by atoms with van der Waals surface area (Å²) in [5.41, 5.74) is 1.87. The van der Waals surface area contributed by atoms with Crippen LogP contribution in [-0.4, -0.2) is 23.7 Å². The zero-order chi connectivity index (χ0) is 16.2. The van der Waals surface area contributed by atoms with Gasteiger partial charge in [0.1, 0.15) is 11.8 Å². The fourth-order valence-corrected chi connectivity index (χ4v) is 2.52. The maximum Gasteiger partial charge on any atom is 0.222 e. The number of benzene rings is 1. The van der Waals surface area contributed by atoms with Crippen molar-refractivity contribution in [1.82, 2.24) is 9.97 Å². The van der Waals surface area contributed by atoms with Gasteiger partial charge in [0, 0.05) is 34.3 Å². The summed E-state index contributed by atoms with van der Waals surface area (Å²) in [6, 6.07) is 11.5. The van der Waals surface area contributed by atoms with Crippen molar-refractivity contribution >= 4 is 10.8 Å². The molecule has 3 aromatic rings. The van der Waals surface area contributed by atoms with Gasteiger partial charge in [-0.25, -0.2) is 4.98 Å². The van der Waals surface area contributed by atoms with E-state index in [0.29, 0.717) is 23.9 Å². The van der Waals surface area contributed by atoms with Crippen LogP contribution in [0.2, 0.25) is 0 Å². The third kappa shape index (κ3) is 2.67. The first kappa shape index (κ1) is 14.8. The first-order valence-electron chi connectivity index (χ1n) is 7.23. The number of pyridine rings is 2. The lowest BCUT2D eigenvalue weighted by molar-refractivity contribution is 0.331. The summed E-state index contributed by atoms with van der Waals surface area (Å²) in [6.07, 6.45) is 3.41. The molecule has 0 aliphatic carbocycles. The highest BCUT2D eigenvalue weighted by Crippen LogP contribution is 2.37. The van der Waals surface area contributed by atoms with Crippen LogP contribution >= 0.6 is 0 Å². The van der Waals surface area contributed by atoms with Gasteiger partial charge in [-0.3, -0.25) is 4.98 Å². The van der Waals surface area contributed by atoms with E-state index in [9.17, 15) is 5.26 Å². The number of hydrogen-bond acceptors (Lipinski definition) is 5. The third-order valence-corrected chi connectivity index (χ3v) is 3.51. The molecule has 0 aliphatic heterocycles. The Hall–Kier alpha value is -3.13. The molecule has 0 unspecified atom stereocenters. The topological polar surface area (TPSA) is 68.0 Å². The summed E-state index contributed by atoms with van der Waals surface area (Å²) in [5.74, 6) is 1.16. The van der Waals surface area contributed by atoms with E-state index < -0.39 is 0 Å². The smallest absolute Gasteiger partial charge is 0.222 e. The van der Waals surface area contributed by atoms with Crippen LogP contribution in [0.3, 0.4) is 0 Å². The minimum Gasteiger partial charge on any atom is -0.497 e. The average Bonchev–Trinajstić information content (AvgIpc) is 2.61. The van der Waals surface area contributed by atoms with Gasteiger partial charge >= 0.3 is 0 Å². The van der Waals surface area contributed by atoms with Gasteiger partial charge in [-0.2, -0.15) is 5.26 Å². The van der Waals surface area contributed by atoms with Crippen molar-refractivity contribution < 1.29 is 9.47 Å². The zero-order valence-electron chi connectivity index (χ0n) is 12.9. The molecule has 23 heavy (non-hydrogen) atoms. The van der Waals surface area contributed by atoms with E-state index in [-0.39, 0.29) is 0 Å². The molecule has 5 heteroatoms. The fourth-order valence-electron chi connectivity index (χ4n) is 2.52. The molecule has 2 aromatic heterocycles. The van der Waals surface area contributed by atoms with Crippen LogP contribution in [-0.2, 0) is 0 Å². The maximum atomic E-state index is 9.54. The van der Waals surface area contributed by atoms with Crippen LogP contribution in [0.1, 0.15) is 12.6 Å². The summed E-state index contributed by atoms with van der Waals surface area (Å²) >= 11 is 0. The molecular weight excluding hydrogens is 290 g/mol. The van der Waals surface area contributed by atoms with E-state index in [1.165, 1.54) is 0 Å². The van der Waals surface area contributed by atoms with E-state index in [2.05, 4.69) is 16.0 Å². The molecule has 0 atom stereocenters. The van der Waals surface area contributed by atoms with E-state index in [1.54, 1.807) is 19.5 Å². The van der Waals surface area contributed by atoms with Crippen LogP contribution in [0.15, 0.2) is 42.7 Å². The van der Waals surface area contributed by atoms with Gasteiger partial charge in [0.05, 0.1) is 13.7 Å². The van der Waals surface area contributed by atoms with Gasteiger partial charge in [-0.15, -0.1) is 0 Å². The zero-order valence-corrected chi connectivity index (χ0v) is 12.9. The number of aromatic nitrogens is 2. The molecule has 5 nitrogen and oxygen atoms in total. The summed E-state index contributed by atoms with van der Waals surface area (Å²) in [7, 11) is 1.61. The number of nitriles is 1. The summed E-state index contributed by atoms with van der Waals surface area (Å²) < 4.78 is 10.9. The lowest BCUT2D eigenvalue weighted by Crippen LogP contribution is -2.00. The normalized spacial score (nSPS) is 10.3. The predicted octanol–water partition coefficient (Wildman–Crippen LogP) is 3.58. The minimum absolute atomic E-state index is 0.308. The van der Waals surface area contributed by atoms with Gasteiger partial charge in [0.25, 0.3) is 0 Å². The Balaban J connectivity index is 2.41. The molecular formula is C18H15N3O2. The predicted molar refractivity (Wildman–Crippen MR) is 87.4 cm³/mol. The molecule has 0 radical (unpaired) electrons. The van der Waals surface area contributed by atoms with Gasteiger partial charge in [-0.05, 0) is 31.2 Å². The molecule has 0 aliphatic rings. The largest absolute Gasteiger partial charge is 0.497 e. The van der Waals surface area contributed by atoms with E-state index in [1.807, 2.05) is 37.3 Å². The van der Waals surface area contributed by atoms with Crippen molar-refractivity contribution in [3.8, 4) is 28.8 Å². The van der Waals surface area contributed by atoms with Gasteiger partial charge < -0.3 is 9.47 Å². The van der Waals surface area contributed by atoms with E-state index in [4.69, 9.17) is 9.47 Å². The Morgan fingerprint density at radius 1 is 1.22 bits per heavy atom. The average molecular weight is 305 g/mol. The number of ether oxygens (including phenoxy) is 2. The summed E-state index contributed by atoms with van der Waals surface area (Å²) in [5, 5.41) is 11.2. The number of hydrogen-bond donors (Lipinski definition) is 0. The highest BCUT2D eigenvalue weighted by atomic mass is 16.5. The van der Waals surface area contributed by atoms with Crippen molar-refractivity contribution in [2.75, 3.05) is 13.7 Å². The summed E-state index contributed by atoms with van der Waals surface area (Å²) in [4.78, 5) is 8.53. The van der Waals surface area contributed by atoms with Crippen molar-refractivity contribution in [3.63, 3.8) is 0 Å². The fraction of sp³-hybridized carbons (Fsp3) is 0.167. The lowest BCUT2D eigenvalue weighted by atomic mass is 9.98. The molecule has 0 fully saturated rings. The molecule has 0 N–H and O–H groups in total. The van der Waals surface area contributed by atoms with Gasteiger partial charge in [0.2, 0.25) is 5.88 Å². The van der Waals surface area contributed by atoms with Crippen LogP contribution < -0.4 is 9.47 Å². The molecule has 3 rings (SSSR count). The lowest BCUT2D eigenvalue weighted by Gasteiger charge is -2.13. The molecule has 0 amide bonds. The Kier molecular flexibility index (Phi) is 4.07. The number of nitrogens with zero attached hydrogens (tertiary/aromatic N) is 3. The first-order valence-corrected chi connectivity index (χ1v) is 7.23. The second kappa shape index (κ2) is 6.32. The molecule has 0 spiro atoms. The molecule has 2 heterocycles. The molecule has 0 saturated carbocycles. The first-order chi connectivity index (χ1) is 11.3. The Bertz CT molecular complexity index is 886. The minimum atomic E-state index is 0.308. The van der Waals surface area contributed by atoms with Crippen molar-refractivity contribution in [2.24, 2.45) is 0 Å².